The highest BCUT2D eigenvalue weighted by molar-refractivity contribution is 5.37. The fourth-order valence-corrected chi connectivity index (χ4v) is 3.95. The summed E-state index contributed by atoms with van der Waals surface area (Å²) in [6.45, 7) is 5.18. The Labute approximate surface area is 171 Å². The van der Waals surface area contributed by atoms with Gasteiger partial charge in [0.05, 0.1) is 6.61 Å². The van der Waals surface area contributed by atoms with Gasteiger partial charge in [-0.15, -0.1) is 0 Å². The Morgan fingerprint density at radius 1 is 0.857 bits per heavy atom. The number of aryl methyl sites for hydroxylation is 1. The van der Waals surface area contributed by atoms with Gasteiger partial charge in [0, 0.05) is 11.5 Å². The van der Waals surface area contributed by atoms with Crippen LogP contribution in [-0.2, 0) is 6.42 Å². The fraction of sp³-hybridized carbons (Fsp3) is 0.481. The van der Waals surface area contributed by atoms with Gasteiger partial charge in [0.15, 0.2) is 0 Å². The Bertz CT molecular complexity index is 753. The minimum absolute atomic E-state index is 0.545. The Morgan fingerprint density at radius 2 is 1.57 bits per heavy atom. The molecule has 1 saturated carbocycles. The third-order valence-corrected chi connectivity index (χ3v) is 5.75. The second-order valence-electron chi connectivity index (χ2n) is 8.04. The lowest BCUT2D eigenvalue weighted by Crippen LogP contribution is -2.12. The molecule has 0 saturated heterocycles. The van der Waals surface area contributed by atoms with Gasteiger partial charge in [-0.3, -0.25) is 0 Å². The Hall–Kier alpha value is -2.20. The van der Waals surface area contributed by atoms with Crippen LogP contribution in [0.2, 0.25) is 0 Å². The van der Waals surface area contributed by atoms with E-state index >= 15 is 0 Å². The normalized spacial score (nSPS) is 18.9. The minimum Gasteiger partial charge on any atom is -0.494 e. The van der Waals surface area contributed by atoms with Gasteiger partial charge in [-0.05, 0) is 86.3 Å². The van der Waals surface area contributed by atoms with Crippen molar-refractivity contribution in [3.63, 3.8) is 0 Å². The summed E-state index contributed by atoms with van der Waals surface area (Å²) < 4.78 is 5.70. The number of rotatable bonds is 7. The maximum absolute atomic E-state index is 5.70. The smallest absolute Gasteiger partial charge is 0.119 e. The molecule has 1 heteroatoms. The van der Waals surface area contributed by atoms with E-state index in [-0.39, 0.29) is 0 Å². The van der Waals surface area contributed by atoms with Crippen LogP contribution < -0.4 is 4.74 Å². The second-order valence-corrected chi connectivity index (χ2v) is 8.04. The maximum atomic E-state index is 5.70. The van der Waals surface area contributed by atoms with E-state index in [1.165, 1.54) is 56.1 Å². The third-order valence-electron chi connectivity index (χ3n) is 5.75. The molecule has 1 aliphatic rings. The Morgan fingerprint density at radius 3 is 2.21 bits per heavy atom. The lowest BCUT2D eigenvalue weighted by molar-refractivity contribution is 0.317. The summed E-state index contributed by atoms with van der Waals surface area (Å²) in [7, 11) is 0. The number of benzene rings is 2. The molecule has 1 fully saturated rings. The molecule has 0 atom stereocenters. The highest BCUT2D eigenvalue weighted by Gasteiger charge is 2.21. The van der Waals surface area contributed by atoms with Crippen LogP contribution in [-0.4, -0.2) is 6.61 Å². The highest BCUT2D eigenvalue weighted by Crippen LogP contribution is 2.36. The first-order valence-corrected chi connectivity index (χ1v) is 11.1. The molecule has 0 unspecified atom stereocenters. The van der Waals surface area contributed by atoms with Crippen molar-refractivity contribution >= 4 is 0 Å². The standard InChI is InChI=1S/C27H34O/c1-3-5-6-22-7-9-23(10-8-22)11-12-24-13-15-25(16-14-24)26-17-19-27(20-18-26)28-21-4-2/h7-10,17-20,24-25H,3-6,13-16,21H2,1-2H3/t24-,25-. The number of unbranched alkanes of at least 4 members (excludes halogenated alkanes) is 1. The van der Waals surface area contributed by atoms with Crippen LogP contribution in [0.1, 0.15) is 81.4 Å². The van der Waals surface area contributed by atoms with Gasteiger partial charge >= 0.3 is 0 Å². The molecule has 0 aromatic heterocycles. The summed E-state index contributed by atoms with van der Waals surface area (Å²) in [5.74, 6) is 9.16. The summed E-state index contributed by atoms with van der Waals surface area (Å²) >= 11 is 0. The lowest BCUT2D eigenvalue weighted by Gasteiger charge is -2.26. The van der Waals surface area contributed by atoms with Crippen molar-refractivity contribution in [2.75, 3.05) is 6.61 Å². The van der Waals surface area contributed by atoms with Gasteiger partial charge in [0.2, 0.25) is 0 Å². The molecule has 0 heterocycles. The van der Waals surface area contributed by atoms with Crippen LogP contribution in [0.25, 0.3) is 0 Å². The summed E-state index contributed by atoms with van der Waals surface area (Å²) in [5.41, 5.74) is 4.04. The van der Waals surface area contributed by atoms with Crippen molar-refractivity contribution < 1.29 is 4.74 Å². The molecule has 148 valence electrons. The zero-order valence-electron chi connectivity index (χ0n) is 17.5. The summed E-state index contributed by atoms with van der Waals surface area (Å²) in [5, 5.41) is 0. The first-order valence-electron chi connectivity index (χ1n) is 11.1. The predicted octanol–water partition coefficient (Wildman–Crippen LogP) is 7.14. The zero-order chi connectivity index (χ0) is 19.6. The molecule has 3 rings (SSSR count). The van der Waals surface area contributed by atoms with Crippen molar-refractivity contribution in [3.8, 4) is 17.6 Å². The van der Waals surface area contributed by atoms with Crippen molar-refractivity contribution in [3.05, 3.63) is 65.2 Å². The average Bonchev–Trinajstić information content (AvgIpc) is 2.76. The first-order chi connectivity index (χ1) is 13.8. The van der Waals surface area contributed by atoms with Gasteiger partial charge in [0.1, 0.15) is 5.75 Å². The SMILES string of the molecule is CCCCc1ccc(C#C[C@H]2CC[C@H](c3ccc(OCCC)cc3)CC2)cc1. The summed E-state index contributed by atoms with van der Waals surface area (Å²) in [6.07, 6.45) is 9.65. The van der Waals surface area contributed by atoms with Gasteiger partial charge < -0.3 is 4.74 Å². The molecular formula is C27H34O. The van der Waals surface area contributed by atoms with Crippen molar-refractivity contribution in [2.45, 2.75) is 71.1 Å². The molecule has 0 N–H and O–H groups in total. The minimum atomic E-state index is 0.545. The molecule has 28 heavy (non-hydrogen) atoms. The van der Waals surface area contributed by atoms with Crippen LogP contribution in [0, 0.1) is 17.8 Å². The zero-order valence-corrected chi connectivity index (χ0v) is 17.5. The maximum Gasteiger partial charge on any atom is 0.119 e. The van der Waals surface area contributed by atoms with E-state index in [4.69, 9.17) is 4.74 Å². The number of ether oxygens (including phenoxy) is 1. The number of hydrogen-bond donors (Lipinski definition) is 0. The molecule has 1 nitrogen and oxygen atoms in total. The van der Waals surface area contributed by atoms with Gasteiger partial charge in [0.25, 0.3) is 0 Å². The van der Waals surface area contributed by atoms with Gasteiger partial charge in [-0.25, -0.2) is 0 Å². The molecule has 0 radical (unpaired) electrons. The van der Waals surface area contributed by atoms with E-state index < -0.39 is 0 Å². The van der Waals surface area contributed by atoms with Crippen molar-refractivity contribution in [1.82, 2.24) is 0 Å². The molecule has 2 aromatic carbocycles. The van der Waals surface area contributed by atoms with Gasteiger partial charge in [-0.2, -0.15) is 0 Å². The van der Waals surface area contributed by atoms with E-state index in [1.807, 2.05) is 0 Å². The van der Waals surface area contributed by atoms with Crippen LogP contribution >= 0.6 is 0 Å². The van der Waals surface area contributed by atoms with Crippen LogP contribution in [0.15, 0.2) is 48.5 Å². The topological polar surface area (TPSA) is 9.23 Å². The molecule has 0 amide bonds. The van der Waals surface area contributed by atoms with E-state index in [1.54, 1.807) is 0 Å². The molecular weight excluding hydrogens is 340 g/mol. The van der Waals surface area contributed by atoms with Crippen molar-refractivity contribution in [1.29, 1.82) is 0 Å². The van der Waals surface area contributed by atoms with E-state index in [0.717, 1.165) is 24.3 Å². The predicted molar refractivity (Wildman–Crippen MR) is 119 cm³/mol. The van der Waals surface area contributed by atoms with Crippen LogP contribution in [0.5, 0.6) is 5.75 Å². The molecule has 0 spiro atoms. The number of hydrogen-bond acceptors (Lipinski definition) is 1. The Balaban J connectivity index is 1.48. The van der Waals surface area contributed by atoms with Crippen LogP contribution in [0.4, 0.5) is 0 Å². The van der Waals surface area contributed by atoms with Crippen LogP contribution in [0.3, 0.4) is 0 Å². The van der Waals surface area contributed by atoms with E-state index in [9.17, 15) is 0 Å². The molecule has 1 aliphatic carbocycles. The highest BCUT2D eigenvalue weighted by atomic mass is 16.5. The summed E-state index contributed by atoms with van der Waals surface area (Å²) in [4.78, 5) is 0. The summed E-state index contributed by atoms with van der Waals surface area (Å²) in [6, 6.07) is 17.6. The third kappa shape index (κ3) is 6.16. The largest absolute Gasteiger partial charge is 0.494 e. The van der Waals surface area contributed by atoms with E-state index in [0.29, 0.717) is 11.8 Å². The molecule has 2 aromatic rings. The second kappa shape index (κ2) is 11.0. The van der Waals surface area contributed by atoms with Crippen molar-refractivity contribution in [2.24, 2.45) is 5.92 Å². The lowest BCUT2D eigenvalue weighted by atomic mass is 9.79. The van der Waals surface area contributed by atoms with Gasteiger partial charge in [-0.1, -0.05) is 56.4 Å². The average molecular weight is 375 g/mol. The monoisotopic (exact) mass is 374 g/mol. The fourth-order valence-electron chi connectivity index (χ4n) is 3.95. The Kier molecular flexibility index (Phi) is 8.04. The van der Waals surface area contributed by atoms with E-state index in [2.05, 4.69) is 74.2 Å². The molecule has 0 bridgehead atoms. The quantitative estimate of drug-likeness (QED) is 0.468. The molecule has 0 aliphatic heterocycles. The first kappa shape index (κ1) is 20.5.